The Hall–Kier alpha value is -1.94. The Morgan fingerprint density at radius 1 is 1.15 bits per heavy atom. The van der Waals surface area contributed by atoms with Gasteiger partial charge in [-0.05, 0) is 63.9 Å². The molecular weight excluding hydrogens is 364 g/mol. The first-order chi connectivity index (χ1) is 12.1. The van der Waals surface area contributed by atoms with E-state index >= 15 is 0 Å². The normalized spacial score (nSPS) is 14.5. The second-order valence-corrected chi connectivity index (χ2v) is 8.67. The molecule has 0 saturated heterocycles. The molecule has 0 aliphatic heterocycles. The van der Waals surface area contributed by atoms with Gasteiger partial charge in [0.25, 0.3) is 0 Å². The van der Waals surface area contributed by atoms with Gasteiger partial charge in [0.05, 0.1) is 11.3 Å². The van der Waals surface area contributed by atoms with Gasteiger partial charge in [0.2, 0.25) is 15.8 Å². The second kappa shape index (κ2) is 8.17. The molecule has 0 unspecified atom stereocenters. The van der Waals surface area contributed by atoms with E-state index in [4.69, 9.17) is 0 Å². The van der Waals surface area contributed by atoms with Crippen molar-refractivity contribution < 1.29 is 17.2 Å². The third-order valence-corrected chi connectivity index (χ3v) is 5.58. The lowest BCUT2D eigenvalue weighted by molar-refractivity contribution is 0.455. The minimum absolute atomic E-state index is 0.0330. The van der Waals surface area contributed by atoms with Crippen LogP contribution in [0.25, 0.3) is 11.4 Å². The Bertz CT molecular complexity index is 848. The van der Waals surface area contributed by atoms with Gasteiger partial charge in [-0.25, -0.2) is 21.9 Å². The molecule has 10 heteroatoms. The topological polar surface area (TPSA) is 89.8 Å². The summed E-state index contributed by atoms with van der Waals surface area (Å²) in [5, 5.41) is 11.5. The number of nitrogens with one attached hydrogen (secondary N) is 1. The molecule has 0 bridgehead atoms. The highest BCUT2D eigenvalue weighted by Gasteiger charge is 2.35. The molecule has 1 aliphatic carbocycles. The van der Waals surface area contributed by atoms with Crippen LogP contribution in [0, 0.1) is 11.6 Å². The van der Waals surface area contributed by atoms with Crippen molar-refractivity contribution in [2.45, 2.75) is 57.9 Å². The minimum Gasteiger partial charge on any atom is -0.212 e. The highest BCUT2D eigenvalue weighted by atomic mass is 32.2. The predicted octanol–water partition coefficient (Wildman–Crippen LogP) is 2.68. The molecule has 1 heterocycles. The Balaban J connectivity index is 0.000000209. The van der Waals surface area contributed by atoms with Crippen molar-refractivity contribution >= 4 is 10.0 Å². The monoisotopic (exact) mass is 387 g/mol. The molecule has 1 saturated carbocycles. The Morgan fingerprint density at radius 2 is 1.81 bits per heavy atom. The second-order valence-electron chi connectivity index (χ2n) is 6.67. The molecule has 144 valence electrons. The van der Waals surface area contributed by atoms with Gasteiger partial charge in [0.15, 0.2) is 11.6 Å². The third kappa shape index (κ3) is 5.53. The van der Waals surface area contributed by atoms with Crippen LogP contribution in [0.4, 0.5) is 8.78 Å². The van der Waals surface area contributed by atoms with Gasteiger partial charge in [-0.15, -0.1) is 10.2 Å². The summed E-state index contributed by atoms with van der Waals surface area (Å²) in [6.45, 7) is 7.47. The van der Waals surface area contributed by atoms with Gasteiger partial charge in [0.1, 0.15) is 0 Å². The number of hydrogen-bond donors (Lipinski definition) is 1. The molecule has 0 radical (unpaired) electrons. The lowest BCUT2D eigenvalue weighted by Gasteiger charge is -2.07. The van der Waals surface area contributed by atoms with Crippen molar-refractivity contribution in [2.24, 2.45) is 0 Å². The standard InChI is InChI=1S/C10H10F2N4.C6H13NO2S/c1-6(2)16-14-10(13-15-16)7-3-4-8(11)9(12)5-7;1-5(2)7-10(8,9)6-3-4-6/h3-6H,1-2H3;5-7H,3-4H2,1-2H3. The van der Waals surface area contributed by atoms with Gasteiger partial charge in [-0.2, -0.15) is 4.80 Å². The molecule has 0 atom stereocenters. The quantitative estimate of drug-likeness (QED) is 0.852. The van der Waals surface area contributed by atoms with Gasteiger partial charge in [-0.3, -0.25) is 0 Å². The highest BCUT2D eigenvalue weighted by Crippen LogP contribution is 2.27. The maximum atomic E-state index is 13.0. The van der Waals surface area contributed by atoms with E-state index < -0.39 is 21.7 Å². The number of benzene rings is 1. The molecule has 0 spiro atoms. The van der Waals surface area contributed by atoms with Crippen molar-refractivity contribution in [3.05, 3.63) is 29.8 Å². The summed E-state index contributed by atoms with van der Waals surface area (Å²) in [6.07, 6.45) is 1.67. The van der Waals surface area contributed by atoms with Crippen LogP contribution in [-0.2, 0) is 10.0 Å². The summed E-state index contributed by atoms with van der Waals surface area (Å²) in [5.41, 5.74) is 0.408. The third-order valence-electron chi connectivity index (χ3n) is 3.43. The van der Waals surface area contributed by atoms with Gasteiger partial charge in [-0.1, -0.05) is 0 Å². The van der Waals surface area contributed by atoms with Gasteiger partial charge < -0.3 is 0 Å². The smallest absolute Gasteiger partial charge is 0.212 e. The minimum atomic E-state index is -2.94. The summed E-state index contributed by atoms with van der Waals surface area (Å²) in [6, 6.07) is 3.62. The van der Waals surface area contributed by atoms with Crippen LogP contribution in [0.15, 0.2) is 18.2 Å². The average molecular weight is 387 g/mol. The number of nitrogens with zero attached hydrogens (tertiary/aromatic N) is 4. The fourth-order valence-electron chi connectivity index (χ4n) is 2.00. The Labute approximate surface area is 151 Å². The molecule has 2 aromatic rings. The molecule has 26 heavy (non-hydrogen) atoms. The first-order valence-corrected chi connectivity index (χ1v) is 9.91. The van der Waals surface area contributed by atoms with Gasteiger partial charge >= 0.3 is 0 Å². The number of tetrazole rings is 1. The van der Waals surface area contributed by atoms with Crippen molar-refractivity contribution in [2.75, 3.05) is 0 Å². The molecule has 1 aromatic carbocycles. The van der Waals surface area contributed by atoms with E-state index in [-0.39, 0.29) is 23.2 Å². The fraction of sp³-hybridized carbons (Fsp3) is 0.562. The van der Waals surface area contributed by atoms with E-state index in [9.17, 15) is 17.2 Å². The number of rotatable bonds is 5. The van der Waals surface area contributed by atoms with E-state index in [0.717, 1.165) is 25.0 Å². The molecule has 1 aliphatic rings. The summed E-state index contributed by atoms with van der Waals surface area (Å²) < 4.78 is 50.4. The Kier molecular flexibility index (Phi) is 6.40. The predicted molar refractivity (Wildman–Crippen MR) is 93.8 cm³/mol. The van der Waals surface area contributed by atoms with Crippen LogP contribution < -0.4 is 4.72 Å². The average Bonchev–Trinajstić information content (AvgIpc) is 3.28. The van der Waals surface area contributed by atoms with Crippen LogP contribution in [0.3, 0.4) is 0 Å². The summed E-state index contributed by atoms with van der Waals surface area (Å²) in [4.78, 5) is 1.41. The van der Waals surface area contributed by atoms with Crippen LogP contribution >= 0.6 is 0 Å². The van der Waals surface area contributed by atoms with Gasteiger partial charge in [0, 0.05) is 11.6 Å². The summed E-state index contributed by atoms with van der Waals surface area (Å²) >= 11 is 0. The molecule has 1 aromatic heterocycles. The fourth-order valence-corrected chi connectivity index (χ4v) is 3.60. The molecule has 3 rings (SSSR count). The van der Waals surface area contributed by atoms with Crippen molar-refractivity contribution in [3.63, 3.8) is 0 Å². The van der Waals surface area contributed by atoms with E-state index in [1.165, 1.54) is 10.9 Å². The van der Waals surface area contributed by atoms with E-state index in [1.807, 2.05) is 27.7 Å². The van der Waals surface area contributed by atoms with Crippen molar-refractivity contribution in [1.82, 2.24) is 24.9 Å². The number of hydrogen-bond acceptors (Lipinski definition) is 5. The van der Waals surface area contributed by atoms with Crippen LogP contribution in [0.5, 0.6) is 0 Å². The SMILES string of the molecule is CC(C)NS(=O)(=O)C1CC1.CC(C)n1nnc(-c2ccc(F)c(F)c2)n1. The van der Waals surface area contributed by atoms with Crippen LogP contribution in [0.1, 0.15) is 46.6 Å². The van der Waals surface area contributed by atoms with Crippen molar-refractivity contribution in [3.8, 4) is 11.4 Å². The first kappa shape index (κ1) is 20.4. The zero-order chi connectivity index (χ0) is 19.5. The first-order valence-electron chi connectivity index (χ1n) is 8.36. The molecule has 1 fully saturated rings. The lowest BCUT2D eigenvalue weighted by atomic mass is 10.2. The Morgan fingerprint density at radius 3 is 2.27 bits per heavy atom. The molecule has 0 amide bonds. The van der Waals surface area contributed by atoms with Crippen LogP contribution in [-0.4, -0.2) is 39.9 Å². The number of sulfonamides is 1. The molecule has 1 N–H and O–H groups in total. The number of halogens is 2. The summed E-state index contributed by atoms with van der Waals surface area (Å²) in [7, 11) is -2.94. The highest BCUT2D eigenvalue weighted by molar-refractivity contribution is 7.90. The van der Waals surface area contributed by atoms with E-state index in [2.05, 4.69) is 20.1 Å². The largest absolute Gasteiger partial charge is 0.214 e. The zero-order valence-electron chi connectivity index (χ0n) is 15.1. The van der Waals surface area contributed by atoms with Crippen LogP contribution in [0.2, 0.25) is 0 Å². The molecular formula is C16H23F2N5O2S. The summed E-state index contributed by atoms with van der Waals surface area (Å²) in [5.74, 6) is -1.52. The molecule has 7 nitrogen and oxygen atoms in total. The van der Waals surface area contributed by atoms with E-state index in [1.54, 1.807) is 0 Å². The zero-order valence-corrected chi connectivity index (χ0v) is 16.0. The van der Waals surface area contributed by atoms with Crippen molar-refractivity contribution in [1.29, 1.82) is 0 Å². The lowest BCUT2D eigenvalue weighted by Crippen LogP contribution is -2.32. The number of aromatic nitrogens is 4. The van der Waals surface area contributed by atoms with E-state index in [0.29, 0.717) is 5.56 Å². The maximum absolute atomic E-state index is 13.0. The maximum Gasteiger partial charge on any atom is 0.214 e.